The number of pyridine rings is 1. The fraction of sp³-hybridized carbons (Fsp3) is 0.143. The summed E-state index contributed by atoms with van der Waals surface area (Å²) in [5.41, 5.74) is -2.38. The minimum absolute atomic E-state index is 0.486. The highest BCUT2D eigenvalue weighted by Gasteiger charge is 2.32. The average molecular weight is 226 g/mol. The van der Waals surface area contributed by atoms with Crippen LogP contribution in [-0.4, -0.2) is 10.4 Å². The summed E-state index contributed by atoms with van der Waals surface area (Å²) in [7, 11) is 0. The third-order valence-corrected chi connectivity index (χ3v) is 1.28. The van der Waals surface area contributed by atoms with E-state index in [0.29, 0.717) is 0 Å². The summed E-state index contributed by atoms with van der Waals surface area (Å²) in [6.07, 6.45) is -4.57. The number of carbonyl (C=O) groups is 1. The monoisotopic (exact) mass is 225 g/mol. The lowest BCUT2D eigenvalue weighted by molar-refractivity contribution is -0.141. The Kier molecular flexibility index (Phi) is 2.95. The molecule has 76 valence electrons. The van der Waals surface area contributed by atoms with Crippen LogP contribution in [0.25, 0.3) is 0 Å². The van der Waals surface area contributed by atoms with Gasteiger partial charge in [-0.2, -0.15) is 13.2 Å². The molecule has 3 nitrogen and oxygen atoms in total. The minimum atomic E-state index is -4.57. The molecule has 0 fully saturated rings. The normalized spacial score (nSPS) is 11.1. The van der Waals surface area contributed by atoms with Crippen LogP contribution < -0.4 is 4.74 Å². The van der Waals surface area contributed by atoms with E-state index in [1.54, 1.807) is 0 Å². The molecule has 1 rings (SSSR count). The van der Waals surface area contributed by atoms with Crippen molar-refractivity contribution in [3.8, 4) is 5.88 Å². The van der Waals surface area contributed by atoms with E-state index in [9.17, 15) is 18.0 Å². The number of hydrogen-bond donors (Lipinski definition) is 0. The van der Waals surface area contributed by atoms with E-state index in [1.165, 1.54) is 0 Å². The molecule has 1 aromatic rings. The Labute approximate surface area is 81.5 Å². The van der Waals surface area contributed by atoms with Gasteiger partial charge in [0.25, 0.3) is 0 Å². The van der Waals surface area contributed by atoms with Crippen LogP contribution >= 0.6 is 11.6 Å². The summed E-state index contributed by atoms with van der Waals surface area (Å²) in [6.45, 7) is 0. The fourth-order valence-electron chi connectivity index (χ4n) is 0.712. The van der Waals surface area contributed by atoms with Crippen LogP contribution in [0.2, 0.25) is 0 Å². The number of ether oxygens (including phenoxy) is 1. The van der Waals surface area contributed by atoms with Gasteiger partial charge in [-0.1, -0.05) is 6.07 Å². The Bertz CT molecular complexity index is 353. The van der Waals surface area contributed by atoms with Crippen molar-refractivity contribution in [2.75, 3.05) is 0 Å². The lowest BCUT2D eigenvalue weighted by atomic mass is 10.3. The predicted molar refractivity (Wildman–Crippen MR) is 41.1 cm³/mol. The van der Waals surface area contributed by atoms with E-state index in [4.69, 9.17) is 11.6 Å². The number of aromatic nitrogens is 1. The molecule has 0 N–H and O–H groups in total. The van der Waals surface area contributed by atoms with Crippen molar-refractivity contribution in [2.45, 2.75) is 6.18 Å². The number of rotatable bonds is 1. The Hall–Kier alpha value is -1.30. The lowest BCUT2D eigenvalue weighted by Gasteiger charge is -2.06. The van der Waals surface area contributed by atoms with Gasteiger partial charge in [-0.25, -0.2) is 9.78 Å². The Morgan fingerprint density at radius 3 is 2.57 bits per heavy atom. The molecule has 0 unspecified atom stereocenters. The van der Waals surface area contributed by atoms with E-state index < -0.39 is 23.2 Å². The first kappa shape index (κ1) is 10.8. The van der Waals surface area contributed by atoms with Gasteiger partial charge in [0.1, 0.15) is 5.69 Å². The molecule has 0 bridgehead atoms. The topological polar surface area (TPSA) is 39.2 Å². The quantitative estimate of drug-likeness (QED) is 0.690. The summed E-state index contributed by atoms with van der Waals surface area (Å²) >= 11 is 4.80. The summed E-state index contributed by atoms with van der Waals surface area (Å²) in [5, 5.41) is 0. The SMILES string of the molecule is O=C(Cl)Oc1cccc(C(F)(F)F)n1. The van der Waals surface area contributed by atoms with Crippen LogP contribution in [-0.2, 0) is 6.18 Å². The van der Waals surface area contributed by atoms with Crippen molar-refractivity contribution < 1.29 is 22.7 Å². The molecule has 0 radical (unpaired) electrons. The molecule has 0 atom stereocenters. The first-order valence-electron chi connectivity index (χ1n) is 3.31. The number of nitrogens with zero attached hydrogens (tertiary/aromatic N) is 1. The zero-order valence-electron chi connectivity index (χ0n) is 6.51. The molecule has 1 aromatic heterocycles. The van der Waals surface area contributed by atoms with Crippen LogP contribution in [0.5, 0.6) is 5.88 Å². The van der Waals surface area contributed by atoms with Gasteiger partial charge in [0.2, 0.25) is 5.88 Å². The van der Waals surface area contributed by atoms with Gasteiger partial charge in [-0.05, 0) is 6.07 Å². The largest absolute Gasteiger partial charge is 0.433 e. The third-order valence-electron chi connectivity index (χ3n) is 1.20. The molecule has 0 aliphatic rings. The average Bonchev–Trinajstić information content (AvgIpc) is 2.01. The molecular formula is C7H3ClF3NO2. The van der Waals surface area contributed by atoms with Crippen molar-refractivity contribution in [1.29, 1.82) is 0 Å². The van der Waals surface area contributed by atoms with E-state index in [0.717, 1.165) is 18.2 Å². The van der Waals surface area contributed by atoms with Crippen LogP contribution in [0, 0.1) is 0 Å². The molecule has 14 heavy (non-hydrogen) atoms. The number of carbonyl (C=O) groups excluding carboxylic acids is 1. The minimum Gasteiger partial charge on any atom is -0.395 e. The maximum absolute atomic E-state index is 12.1. The van der Waals surface area contributed by atoms with Crippen molar-refractivity contribution >= 4 is 17.0 Å². The van der Waals surface area contributed by atoms with E-state index in [2.05, 4.69) is 9.72 Å². The maximum atomic E-state index is 12.1. The number of alkyl halides is 3. The predicted octanol–water partition coefficient (Wildman–Crippen LogP) is 2.84. The van der Waals surface area contributed by atoms with Crippen molar-refractivity contribution in [3.63, 3.8) is 0 Å². The van der Waals surface area contributed by atoms with Crippen LogP contribution in [0.1, 0.15) is 5.69 Å². The zero-order valence-corrected chi connectivity index (χ0v) is 7.26. The summed E-state index contributed by atoms with van der Waals surface area (Å²) < 4.78 is 40.4. The maximum Gasteiger partial charge on any atom is 0.433 e. The lowest BCUT2D eigenvalue weighted by Crippen LogP contribution is -2.09. The van der Waals surface area contributed by atoms with Gasteiger partial charge < -0.3 is 4.74 Å². The zero-order chi connectivity index (χ0) is 10.8. The number of halogens is 4. The van der Waals surface area contributed by atoms with Crippen molar-refractivity contribution in [1.82, 2.24) is 4.98 Å². The summed E-state index contributed by atoms with van der Waals surface area (Å²) in [4.78, 5) is 13.2. The number of hydrogen-bond acceptors (Lipinski definition) is 3. The molecule has 0 aliphatic carbocycles. The Balaban J connectivity index is 2.95. The van der Waals surface area contributed by atoms with Crippen molar-refractivity contribution in [2.24, 2.45) is 0 Å². The summed E-state index contributed by atoms with van der Waals surface area (Å²) in [5.74, 6) is -0.486. The van der Waals surface area contributed by atoms with Crippen molar-refractivity contribution in [3.05, 3.63) is 23.9 Å². The molecule has 7 heteroatoms. The highest BCUT2D eigenvalue weighted by atomic mass is 35.5. The highest BCUT2D eigenvalue weighted by molar-refractivity contribution is 6.61. The molecule has 0 saturated carbocycles. The Morgan fingerprint density at radius 2 is 2.07 bits per heavy atom. The standard InChI is InChI=1S/C7H3ClF3NO2/c8-6(13)14-5-3-1-2-4(12-5)7(9,10)11/h1-3H. The van der Waals surface area contributed by atoms with Gasteiger partial charge >= 0.3 is 11.6 Å². The van der Waals surface area contributed by atoms with E-state index in [-0.39, 0.29) is 0 Å². The third kappa shape index (κ3) is 2.88. The second kappa shape index (κ2) is 3.83. The second-order valence-electron chi connectivity index (χ2n) is 2.20. The first-order valence-corrected chi connectivity index (χ1v) is 3.69. The summed E-state index contributed by atoms with van der Waals surface area (Å²) in [6, 6.07) is 2.91. The smallest absolute Gasteiger partial charge is 0.395 e. The second-order valence-corrected chi connectivity index (χ2v) is 2.51. The molecule has 0 amide bonds. The molecule has 0 aliphatic heterocycles. The van der Waals surface area contributed by atoms with Gasteiger partial charge in [-0.3, -0.25) is 0 Å². The van der Waals surface area contributed by atoms with Gasteiger partial charge in [-0.15, -0.1) is 0 Å². The molecular weight excluding hydrogens is 223 g/mol. The fourth-order valence-corrected chi connectivity index (χ4v) is 0.791. The Morgan fingerprint density at radius 1 is 1.43 bits per heavy atom. The van der Waals surface area contributed by atoms with Gasteiger partial charge in [0.15, 0.2) is 0 Å². The molecule has 0 saturated heterocycles. The van der Waals surface area contributed by atoms with Crippen LogP contribution in [0.15, 0.2) is 18.2 Å². The van der Waals surface area contributed by atoms with Crippen LogP contribution in [0.4, 0.5) is 18.0 Å². The van der Waals surface area contributed by atoms with Crippen LogP contribution in [0.3, 0.4) is 0 Å². The molecule has 0 aromatic carbocycles. The van der Waals surface area contributed by atoms with Gasteiger partial charge in [0, 0.05) is 17.7 Å². The van der Waals surface area contributed by atoms with E-state index in [1.807, 2.05) is 0 Å². The van der Waals surface area contributed by atoms with Gasteiger partial charge in [0.05, 0.1) is 0 Å². The molecule has 1 heterocycles. The molecule has 0 spiro atoms. The van der Waals surface area contributed by atoms with E-state index >= 15 is 0 Å². The highest BCUT2D eigenvalue weighted by Crippen LogP contribution is 2.28. The first-order chi connectivity index (χ1) is 6.39.